The summed E-state index contributed by atoms with van der Waals surface area (Å²) < 4.78 is 67.7. The van der Waals surface area contributed by atoms with Crippen molar-refractivity contribution in [3.63, 3.8) is 0 Å². The van der Waals surface area contributed by atoms with Crippen LogP contribution in [0.2, 0.25) is 5.02 Å². The van der Waals surface area contributed by atoms with Crippen LogP contribution >= 0.6 is 11.6 Å². The van der Waals surface area contributed by atoms with E-state index < -0.39 is 23.2 Å². The van der Waals surface area contributed by atoms with Crippen LogP contribution in [-0.4, -0.2) is 24.8 Å². The van der Waals surface area contributed by atoms with Crippen molar-refractivity contribution in [2.45, 2.75) is 12.6 Å². The minimum Gasteiger partial charge on any atom is -0.324 e. The van der Waals surface area contributed by atoms with Gasteiger partial charge in [-0.2, -0.15) is 22.9 Å². The first-order valence-corrected chi connectivity index (χ1v) is 10.8. The van der Waals surface area contributed by atoms with Gasteiger partial charge in [-0.15, -0.1) is 5.10 Å². The molecule has 0 spiro atoms. The lowest BCUT2D eigenvalue weighted by molar-refractivity contribution is -0.137. The summed E-state index contributed by atoms with van der Waals surface area (Å²) in [6, 6.07) is 14.2. The standard InChI is InChI=1S/C24H14ClF5N6/c25-17-7-6-15(12-16(17)24(28,29)30)33-23-31-10-8-18(34-23)20-19-5-2-9-32-36(19)35-21(20)13-3-1-4-14(11-13)22(26)27/h1-12,22H,(H,31,33,34). The fourth-order valence-corrected chi connectivity index (χ4v) is 3.90. The van der Waals surface area contributed by atoms with Crippen LogP contribution in [0.1, 0.15) is 17.6 Å². The lowest BCUT2D eigenvalue weighted by Gasteiger charge is -2.12. The Bertz CT molecular complexity index is 1570. The summed E-state index contributed by atoms with van der Waals surface area (Å²) in [5, 5.41) is 11.0. The van der Waals surface area contributed by atoms with E-state index in [2.05, 4.69) is 25.5 Å². The number of hydrogen-bond donors (Lipinski definition) is 1. The normalized spacial score (nSPS) is 11.9. The molecule has 12 heteroatoms. The van der Waals surface area contributed by atoms with E-state index in [4.69, 9.17) is 11.6 Å². The summed E-state index contributed by atoms with van der Waals surface area (Å²) >= 11 is 5.70. The summed E-state index contributed by atoms with van der Waals surface area (Å²) in [4.78, 5) is 8.55. The Kier molecular flexibility index (Phi) is 6.00. The largest absolute Gasteiger partial charge is 0.417 e. The Hall–Kier alpha value is -4.12. The number of alkyl halides is 5. The molecule has 0 amide bonds. The van der Waals surface area contributed by atoms with E-state index in [1.165, 1.54) is 41.3 Å². The second-order valence-electron chi connectivity index (χ2n) is 7.63. The molecule has 5 aromatic rings. The maximum Gasteiger partial charge on any atom is 0.417 e. The Morgan fingerprint density at radius 2 is 1.78 bits per heavy atom. The lowest BCUT2D eigenvalue weighted by Crippen LogP contribution is -2.07. The van der Waals surface area contributed by atoms with Gasteiger partial charge in [-0.05, 0) is 42.5 Å². The molecular weight excluding hydrogens is 503 g/mol. The van der Waals surface area contributed by atoms with Gasteiger partial charge in [-0.3, -0.25) is 0 Å². The van der Waals surface area contributed by atoms with Crippen molar-refractivity contribution in [2.24, 2.45) is 0 Å². The number of anilines is 2. The van der Waals surface area contributed by atoms with Gasteiger partial charge in [0.2, 0.25) is 5.95 Å². The highest BCUT2D eigenvalue weighted by Crippen LogP contribution is 2.38. The van der Waals surface area contributed by atoms with E-state index >= 15 is 0 Å². The third kappa shape index (κ3) is 4.57. The second kappa shape index (κ2) is 9.15. The molecule has 5 rings (SSSR count). The van der Waals surface area contributed by atoms with Gasteiger partial charge in [0.05, 0.1) is 27.4 Å². The quantitative estimate of drug-likeness (QED) is 0.250. The number of hydrogen-bond acceptors (Lipinski definition) is 5. The SMILES string of the molecule is FC(F)c1cccc(-c2nn3ncccc3c2-c2ccnc(Nc3ccc(Cl)c(C(F)(F)F)c3)n2)c1. The highest BCUT2D eigenvalue weighted by molar-refractivity contribution is 6.31. The number of fused-ring (bicyclic) bond motifs is 1. The fraction of sp³-hybridized carbons (Fsp3) is 0.0833. The van der Waals surface area contributed by atoms with Crippen molar-refractivity contribution in [3.8, 4) is 22.5 Å². The first-order valence-electron chi connectivity index (χ1n) is 10.4. The van der Waals surface area contributed by atoms with E-state index in [1.54, 1.807) is 24.3 Å². The molecule has 0 aliphatic carbocycles. The highest BCUT2D eigenvalue weighted by Gasteiger charge is 2.33. The van der Waals surface area contributed by atoms with Gasteiger partial charge < -0.3 is 5.32 Å². The number of benzene rings is 2. The summed E-state index contributed by atoms with van der Waals surface area (Å²) in [6.07, 6.45) is -4.36. The van der Waals surface area contributed by atoms with Crippen LogP contribution in [0.15, 0.2) is 73.1 Å². The minimum atomic E-state index is -4.64. The topological polar surface area (TPSA) is 68.0 Å². The Labute approximate surface area is 205 Å². The first-order chi connectivity index (χ1) is 17.2. The summed E-state index contributed by atoms with van der Waals surface area (Å²) in [6.45, 7) is 0. The molecule has 3 aromatic heterocycles. The Morgan fingerprint density at radius 3 is 2.56 bits per heavy atom. The molecule has 0 atom stereocenters. The number of rotatable bonds is 5. The van der Waals surface area contributed by atoms with Gasteiger partial charge >= 0.3 is 6.18 Å². The zero-order chi connectivity index (χ0) is 25.4. The maximum atomic E-state index is 13.3. The average Bonchev–Trinajstić information content (AvgIpc) is 3.24. The van der Waals surface area contributed by atoms with Crippen LogP contribution in [0.3, 0.4) is 0 Å². The van der Waals surface area contributed by atoms with Crippen LogP contribution in [-0.2, 0) is 6.18 Å². The van der Waals surface area contributed by atoms with E-state index in [0.29, 0.717) is 28.0 Å². The van der Waals surface area contributed by atoms with Gasteiger partial charge in [-0.1, -0.05) is 29.8 Å². The highest BCUT2D eigenvalue weighted by atomic mass is 35.5. The van der Waals surface area contributed by atoms with Gasteiger partial charge in [0.1, 0.15) is 5.69 Å². The lowest BCUT2D eigenvalue weighted by atomic mass is 10.0. The van der Waals surface area contributed by atoms with Crippen LogP contribution in [0, 0.1) is 0 Å². The summed E-state index contributed by atoms with van der Waals surface area (Å²) in [5.74, 6) is 0.0125. The van der Waals surface area contributed by atoms with E-state index in [1.807, 2.05) is 0 Å². The van der Waals surface area contributed by atoms with Gasteiger partial charge in [-0.25, -0.2) is 18.7 Å². The molecule has 6 nitrogen and oxygen atoms in total. The fourth-order valence-electron chi connectivity index (χ4n) is 3.68. The van der Waals surface area contributed by atoms with Crippen molar-refractivity contribution >= 4 is 28.8 Å². The zero-order valence-corrected chi connectivity index (χ0v) is 18.8. The molecule has 1 N–H and O–H groups in total. The molecule has 0 unspecified atom stereocenters. The monoisotopic (exact) mass is 516 g/mol. The number of nitrogens with one attached hydrogen (secondary N) is 1. The predicted molar refractivity (Wildman–Crippen MR) is 124 cm³/mol. The molecule has 0 bridgehead atoms. The molecule has 2 aromatic carbocycles. The molecule has 0 aliphatic rings. The van der Waals surface area contributed by atoms with E-state index in [0.717, 1.165) is 12.1 Å². The molecular formula is C24H14ClF5N6. The van der Waals surface area contributed by atoms with Crippen molar-refractivity contribution in [1.29, 1.82) is 0 Å². The van der Waals surface area contributed by atoms with Crippen molar-refractivity contribution in [3.05, 3.63) is 89.2 Å². The molecule has 36 heavy (non-hydrogen) atoms. The first kappa shape index (κ1) is 23.6. The van der Waals surface area contributed by atoms with Crippen LogP contribution in [0.5, 0.6) is 0 Å². The molecule has 0 fully saturated rings. The molecule has 0 saturated carbocycles. The molecule has 0 radical (unpaired) electrons. The zero-order valence-electron chi connectivity index (χ0n) is 18.0. The number of halogens is 6. The third-order valence-electron chi connectivity index (χ3n) is 5.27. The molecule has 0 aliphatic heterocycles. The Balaban J connectivity index is 1.60. The van der Waals surface area contributed by atoms with E-state index in [-0.39, 0.29) is 17.2 Å². The van der Waals surface area contributed by atoms with Crippen LogP contribution in [0.25, 0.3) is 28.0 Å². The number of nitrogens with zero attached hydrogens (tertiary/aromatic N) is 5. The Morgan fingerprint density at radius 1 is 0.944 bits per heavy atom. The molecule has 182 valence electrons. The average molecular weight is 517 g/mol. The van der Waals surface area contributed by atoms with Crippen molar-refractivity contribution in [2.75, 3.05) is 5.32 Å². The molecule has 0 saturated heterocycles. The number of aromatic nitrogens is 5. The van der Waals surface area contributed by atoms with Gasteiger partial charge in [0.15, 0.2) is 0 Å². The second-order valence-corrected chi connectivity index (χ2v) is 8.04. The summed E-state index contributed by atoms with van der Waals surface area (Å²) in [7, 11) is 0. The maximum absolute atomic E-state index is 13.3. The van der Waals surface area contributed by atoms with Crippen LogP contribution < -0.4 is 5.32 Å². The third-order valence-corrected chi connectivity index (χ3v) is 5.60. The van der Waals surface area contributed by atoms with E-state index in [9.17, 15) is 22.0 Å². The van der Waals surface area contributed by atoms with Crippen molar-refractivity contribution < 1.29 is 22.0 Å². The minimum absolute atomic E-state index is 0.0125. The van der Waals surface area contributed by atoms with Crippen molar-refractivity contribution in [1.82, 2.24) is 24.8 Å². The van der Waals surface area contributed by atoms with Gasteiger partial charge in [0.25, 0.3) is 6.43 Å². The summed E-state index contributed by atoms with van der Waals surface area (Å²) in [5.41, 5.74) is 1.09. The van der Waals surface area contributed by atoms with Crippen LogP contribution in [0.4, 0.5) is 33.6 Å². The molecule has 3 heterocycles. The smallest absolute Gasteiger partial charge is 0.324 e. The predicted octanol–water partition coefficient (Wildman–Crippen LogP) is 7.21. The van der Waals surface area contributed by atoms with Gasteiger partial charge in [0, 0.05) is 29.2 Å².